The number of hydrogen-bond acceptors (Lipinski definition) is 5. The summed E-state index contributed by atoms with van der Waals surface area (Å²) in [6.45, 7) is 6.92. The van der Waals surface area contributed by atoms with Crippen molar-refractivity contribution in [3.05, 3.63) is 58.7 Å². The van der Waals surface area contributed by atoms with Crippen LogP contribution in [0.4, 0.5) is 5.69 Å². The number of esters is 1. The Balaban J connectivity index is 2.15. The van der Waals surface area contributed by atoms with Crippen LogP contribution < -0.4 is 5.32 Å². The summed E-state index contributed by atoms with van der Waals surface area (Å²) < 4.78 is 28.6. The molecule has 1 atom stereocenters. The van der Waals surface area contributed by atoms with Crippen LogP contribution >= 0.6 is 0 Å². The van der Waals surface area contributed by atoms with Crippen LogP contribution in [0.3, 0.4) is 0 Å². The first-order chi connectivity index (χ1) is 12.5. The van der Waals surface area contributed by atoms with Gasteiger partial charge in [0.05, 0.1) is 10.5 Å². The van der Waals surface area contributed by atoms with Crippen molar-refractivity contribution < 1.29 is 22.7 Å². The number of nitrogens with one attached hydrogen (secondary N) is 1. The second-order valence-electron chi connectivity index (χ2n) is 6.60. The summed E-state index contributed by atoms with van der Waals surface area (Å²) in [5.41, 5.74) is 3.22. The lowest BCUT2D eigenvalue weighted by Gasteiger charge is -2.16. The summed E-state index contributed by atoms with van der Waals surface area (Å²) in [7, 11) is -3.46. The van der Waals surface area contributed by atoms with E-state index in [0.717, 1.165) is 17.4 Å². The minimum absolute atomic E-state index is 0.0209. The zero-order valence-electron chi connectivity index (χ0n) is 16.0. The average Bonchev–Trinajstić information content (AvgIpc) is 2.57. The summed E-state index contributed by atoms with van der Waals surface area (Å²) >= 11 is 0. The van der Waals surface area contributed by atoms with E-state index in [0.29, 0.717) is 11.3 Å². The Morgan fingerprint density at radius 3 is 2.26 bits per heavy atom. The molecule has 0 aliphatic rings. The molecule has 0 fully saturated rings. The minimum Gasteiger partial charge on any atom is -0.449 e. The van der Waals surface area contributed by atoms with Gasteiger partial charge in [0.2, 0.25) is 0 Å². The second kappa shape index (κ2) is 7.92. The highest BCUT2D eigenvalue weighted by Crippen LogP contribution is 2.19. The molecule has 0 aromatic heterocycles. The van der Waals surface area contributed by atoms with E-state index in [-0.39, 0.29) is 10.5 Å². The molecule has 0 heterocycles. The Hall–Kier alpha value is -2.67. The Bertz CT molecular complexity index is 995. The van der Waals surface area contributed by atoms with E-state index in [1.807, 2.05) is 32.0 Å². The van der Waals surface area contributed by atoms with Crippen molar-refractivity contribution in [1.82, 2.24) is 0 Å². The number of hydrogen-bond donors (Lipinski definition) is 1. The van der Waals surface area contributed by atoms with E-state index in [1.54, 1.807) is 6.92 Å². The summed E-state index contributed by atoms with van der Waals surface area (Å²) in [6, 6.07) is 9.89. The minimum atomic E-state index is -3.46. The number of amides is 1. The maximum Gasteiger partial charge on any atom is 0.339 e. The highest BCUT2D eigenvalue weighted by atomic mass is 32.2. The van der Waals surface area contributed by atoms with Crippen LogP contribution in [0.5, 0.6) is 0 Å². The van der Waals surface area contributed by atoms with E-state index >= 15 is 0 Å². The number of ether oxygens (including phenoxy) is 1. The molecular weight excluding hydrogens is 366 g/mol. The molecule has 7 heteroatoms. The van der Waals surface area contributed by atoms with Crippen molar-refractivity contribution in [2.75, 3.05) is 11.6 Å². The third kappa shape index (κ3) is 5.17. The molecule has 0 saturated carbocycles. The predicted octanol–water partition coefficient (Wildman–Crippen LogP) is 3.20. The zero-order valence-corrected chi connectivity index (χ0v) is 16.8. The molecule has 2 aromatic carbocycles. The van der Waals surface area contributed by atoms with Crippen molar-refractivity contribution in [2.24, 2.45) is 0 Å². The lowest BCUT2D eigenvalue weighted by atomic mass is 10.1. The monoisotopic (exact) mass is 389 g/mol. The molecule has 1 amide bonds. The van der Waals surface area contributed by atoms with E-state index < -0.39 is 27.8 Å². The van der Waals surface area contributed by atoms with Gasteiger partial charge in [-0.1, -0.05) is 18.2 Å². The van der Waals surface area contributed by atoms with Gasteiger partial charge >= 0.3 is 5.97 Å². The largest absolute Gasteiger partial charge is 0.449 e. The molecule has 1 N–H and O–H groups in total. The second-order valence-corrected chi connectivity index (χ2v) is 8.62. The van der Waals surface area contributed by atoms with Crippen LogP contribution in [-0.2, 0) is 19.4 Å². The Kier molecular flexibility index (Phi) is 6.05. The SMILES string of the molecule is Cc1ccc(C)c(NC(=O)[C@H](C)OC(=O)c2cc(S(C)(=O)=O)ccc2C)c1. The fourth-order valence-electron chi connectivity index (χ4n) is 2.43. The van der Waals surface area contributed by atoms with Gasteiger partial charge in [0.15, 0.2) is 15.9 Å². The van der Waals surface area contributed by atoms with Crippen molar-refractivity contribution in [3.8, 4) is 0 Å². The molecule has 0 aliphatic heterocycles. The molecule has 27 heavy (non-hydrogen) atoms. The molecular formula is C20H23NO5S. The van der Waals surface area contributed by atoms with Gasteiger partial charge < -0.3 is 10.1 Å². The third-order valence-corrected chi connectivity index (χ3v) is 5.27. The van der Waals surface area contributed by atoms with Gasteiger partial charge in [0.25, 0.3) is 5.91 Å². The Morgan fingerprint density at radius 1 is 1.00 bits per heavy atom. The van der Waals surface area contributed by atoms with E-state index in [2.05, 4.69) is 5.32 Å². The zero-order chi connectivity index (χ0) is 20.4. The van der Waals surface area contributed by atoms with E-state index in [9.17, 15) is 18.0 Å². The Labute approximate surface area is 159 Å². The lowest BCUT2D eigenvalue weighted by molar-refractivity contribution is -0.123. The Morgan fingerprint density at radius 2 is 1.63 bits per heavy atom. The number of rotatable bonds is 5. The van der Waals surface area contributed by atoms with Crippen molar-refractivity contribution in [2.45, 2.75) is 38.7 Å². The molecule has 0 aliphatic carbocycles. The van der Waals surface area contributed by atoms with Crippen LogP contribution in [0.15, 0.2) is 41.3 Å². The molecule has 0 spiro atoms. The molecule has 6 nitrogen and oxygen atoms in total. The standard InChI is InChI=1S/C20H23NO5S/c1-12-6-7-14(3)18(10-12)21-19(22)15(4)26-20(23)17-11-16(27(5,24)25)9-8-13(17)2/h6-11,15H,1-5H3,(H,21,22)/t15-/m0/s1. The van der Waals surface area contributed by atoms with Crippen molar-refractivity contribution >= 4 is 27.4 Å². The highest BCUT2D eigenvalue weighted by Gasteiger charge is 2.22. The van der Waals surface area contributed by atoms with Crippen molar-refractivity contribution in [3.63, 3.8) is 0 Å². The summed E-state index contributed by atoms with van der Waals surface area (Å²) in [6.07, 6.45) is 0.0197. The van der Waals surface area contributed by atoms with Gasteiger partial charge in [-0.2, -0.15) is 0 Å². The van der Waals surface area contributed by atoms with Crippen LogP contribution in [0.1, 0.15) is 34.0 Å². The van der Waals surface area contributed by atoms with Crippen LogP contribution in [-0.4, -0.2) is 32.7 Å². The van der Waals surface area contributed by atoms with E-state index in [1.165, 1.54) is 25.1 Å². The number of anilines is 1. The first-order valence-electron chi connectivity index (χ1n) is 8.39. The maximum atomic E-state index is 12.4. The number of carbonyl (C=O) groups excluding carboxylic acids is 2. The number of sulfone groups is 1. The van der Waals surface area contributed by atoms with Gasteiger partial charge in [-0.05, 0) is 62.6 Å². The molecule has 0 radical (unpaired) electrons. The summed E-state index contributed by atoms with van der Waals surface area (Å²) in [5.74, 6) is -1.21. The van der Waals surface area contributed by atoms with Gasteiger partial charge in [-0.15, -0.1) is 0 Å². The number of aryl methyl sites for hydroxylation is 3. The van der Waals surface area contributed by atoms with Crippen LogP contribution in [0.25, 0.3) is 0 Å². The fourth-order valence-corrected chi connectivity index (χ4v) is 3.08. The average molecular weight is 389 g/mol. The molecule has 2 aromatic rings. The molecule has 2 rings (SSSR count). The maximum absolute atomic E-state index is 12.4. The van der Waals surface area contributed by atoms with Crippen LogP contribution in [0.2, 0.25) is 0 Å². The molecule has 0 bridgehead atoms. The van der Waals surface area contributed by atoms with Crippen LogP contribution in [0, 0.1) is 20.8 Å². The fraction of sp³-hybridized carbons (Fsp3) is 0.300. The normalized spacial score (nSPS) is 12.3. The smallest absolute Gasteiger partial charge is 0.339 e. The van der Waals surface area contributed by atoms with Gasteiger partial charge in [0.1, 0.15) is 0 Å². The van der Waals surface area contributed by atoms with Gasteiger partial charge in [-0.25, -0.2) is 13.2 Å². The number of carbonyl (C=O) groups is 2. The first kappa shape index (κ1) is 20.6. The van der Waals surface area contributed by atoms with Crippen molar-refractivity contribution in [1.29, 1.82) is 0 Å². The topological polar surface area (TPSA) is 89.5 Å². The molecule has 0 unspecified atom stereocenters. The van der Waals surface area contributed by atoms with E-state index in [4.69, 9.17) is 4.74 Å². The predicted molar refractivity (Wildman–Crippen MR) is 104 cm³/mol. The lowest BCUT2D eigenvalue weighted by Crippen LogP contribution is -2.30. The summed E-state index contributed by atoms with van der Waals surface area (Å²) in [5, 5.41) is 2.75. The highest BCUT2D eigenvalue weighted by molar-refractivity contribution is 7.90. The molecule has 0 saturated heterocycles. The summed E-state index contributed by atoms with van der Waals surface area (Å²) in [4.78, 5) is 24.8. The van der Waals surface area contributed by atoms with Gasteiger partial charge in [-0.3, -0.25) is 4.79 Å². The first-order valence-corrected chi connectivity index (χ1v) is 10.3. The third-order valence-electron chi connectivity index (χ3n) is 4.16. The number of benzene rings is 2. The quantitative estimate of drug-likeness (QED) is 0.793. The molecule has 144 valence electrons. The van der Waals surface area contributed by atoms with Gasteiger partial charge in [0, 0.05) is 11.9 Å².